The van der Waals surface area contributed by atoms with E-state index in [9.17, 15) is 4.79 Å². The molecule has 10 nitrogen and oxygen atoms in total. The van der Waals surface area contributed by atoms with Crippen molar-refractivity contribution in [1.82, 2.24) is 40.2 Å². The van der Waals surface area contributed by atoms with Gasteiger partial charge in [-0.1, -0.05) is 6.07 Å². The van der Waals surface area contributed by atoms with E-state index in [0.29, 0.717) is 23.6 Å². The fourth-order valence-electron chi connectivity index (χ4n) is 2.97. The van der Waals surface area contributed by atoms with E-state index in [1.807, 2.05) is 30.7 Å². The van der Waals surface area contributed by atoms with E-state index in [2.05, 4.69) is 41.0 Å². The molecule has 0 bridgehead atoms. The van der Waals surface area contributed by atoms with Crippen LogP contribution in [0.25, 0.3) is 11.5 Å². The molecule has 3 N–H and O–H groups in total. The van der Waals surface area contributed by atoms with Gasteiger partial charge in [-0.3, -0.25) is 9.89 Å². The summed E-state index contributed by atoms with van der Waals surface area (Å²) in [6.07, 6.45) is 6.60. The number of aromatic amines is 1. The second kappa shape index (κ2) is 8.52. The zero-order valence-corrected chi connectivity index (χ0v) is 16.6. The largest absolute Gasteiger partial charge is 0.378 e. The Labute approximate surface area is 172 Å². The number of hydrogen-bond acceptors (Lipinski definition) is 7. The topological polar surface area (TPSA) is 126 Å². The Morgan fingerprint density at radius 2 is 2.17 bits per heavy atom. The lowest BCUT2D eigenvalue weighted by atomic mass is 10.1. The van der Waals surface area contributed by atoms with Crippen LogP contribution in [0.15, 0.2) is 55.2 Å². The predicted octanol–water partition coefficient (Wildman–Crippen LogP) is 2.10. The molecule has 1 amide bonds. The van der Waals surface area contributed by atoms with Crippen LogP contribution in [0.1, 0.15) is 34.7 Å². The number of rotatable bonds is 7. The highest BCUT2D eigenvalue weighted by molar-refractivity contribution is 5.95. The Hall–Kier alpha value is -4.08. The normalized spacial score (nSPS) is 11.8. The third kappa shape index (κ3) is 4.17. The second-order valence-electron chi connectivity index (χ2n) is 6.75. The van der Waals surface area contributed by atoms with Gasteiger partial charge in [-0.15, -0.1) is 10.2 Å². The van der Waals surface area contributed by atoms with E-state index in [4.69, 9.17) is 0 Å². The molecule has 1 aromatic carbocycles. The monoisotopic (exact) mass is 403 g/mol. The maximum atomic E-state index is 12.6. The molecule has 0 aliphatic heterocycles. The number of aromatic nitrogens is 7. The molecule has 0 saturated carbocycles. The van der Waals surface area contributed by atoms with Crippen LogP contribution in [-0.4, -0.2) is 40.8 Å². The van der Waals surface area contributed by atoms with E-state index in [1.54, 1.807) is 36.8 Å². The summed E-state index contributed by atoms with van der Waals surface area (Å²) in [5.41, 5.74) is 3.00. The van der Waals surface area contributed by atoms with Crippen LogP contribution in [0.3, 0.4) is 0 Å². The summed E-state index contributed by atoms with van der Waals surface area (Å²) in [5.74, 6) is 1.25. The van der Waals surface area contributed by atoms with Gasteiger partial charge in [0.15, 0.2) is 11.6 Å². The van der Waals surface area contributed by atoms with Gasteiger partial charge in [0.25, 0.3) is 5.91 Å². The van der Waals surface area contributed by atoms with Gasteiger partial charge in [0.05, 0.1) is 18.8 Å². The van der Waals surface area contributed by atoms with E-state index in [1.165, 1.54) is 6.33 Å². The molecule has 0 saturated heterocycles. The zero-order valence-electron chi connectivity index (χ0n) is 16.6. The number of carbonyl (C=O) groups is 1. The van der Waals surface area contributed by atoms with Crippen LogP contribution in [0.4, 0.5) is 5.69 Å². The van der Waals surface area contributed by atoms with Crippen LogP contribution in [0.2, 0.25) is 0 Å². The second-order valence-corrected chi connectivity index (χ2v) is 6.75. The number of benzene rings is 1. The highest BCUT2D eigenvalue weighted by Gasteiger charge is 2.14. The molecule has 0 aliphatic rings. The molecule has 0 fully saturated rings. The van der Waals surface area contributed by atoms with Crippen molar-refractivity contribution >= 4 is 11.6 Å². The smallest absolute Gasteiger partial charge is 0.251 e. The Kier molecular flexibility index (Phi) is 5.46. The fraction of sp³-hybridized carbons (Fsp3) is 0.200. The minimum Gasteiger partial charge on any atom is -0.378 e. The molecule has 3 aromatic heterocycles. The van der Waals surface area contributed by atoms with Crippen LogP contribution in [0.5, 0.6) is 0 Å². The molecule has 1 atom stereocenters. The molecule has 4 rings (SSSR count). The number of nitrogens with one attached hydrogen (secondary N) is 3. The lowest BCUT2D eigenvalue weighted by molar-refractivity contribution is 0.0940. The molecular weight excluding hydrogens is 382 g/mol. The van der Waals surface area contributed by atoms with Crippen molar-refractivity contribution in [1.29, 1.82) is 0 Å². The fourth-order valence-corrected chi connectivity index (χ4v) is 2.97. The SMILES string of the molecule is CC(NC(=O)c1cccc(NCc2nnc(-c3ccncn3)n2C)c1)c1cn[nH]c1. The minimum atomic E-state index is -0.156. The summed E-state index contributed by atoms with van der Waals surface area (Å²) in [6, 6.07) is 8.96. The lowest BCUT2D eigenvalue weighted by Gasteiger charge is -2.13. The van der Waals surface area contributed by atoms with Crippen LogP contribution >= 0.6 is 0 Å². The lowest BCUT2D eigenvalue weighted by Crippen LogP contribution is -2.26. The van der Waals surface area contributed by atoms with Crippen molar-refractivity contribution in [3.8, 4) is 11.5 Å². The molecule has 0 spiro atoms. The van der Waals surface area contributed by atoms with Crippen LogP contribution in [0, 0.1) is 0 Å². The van der Waals surface area contributed by atoms with Gasteiger partial charge >= 0.3 is 0 Å². The molecule has 0 aliphatic carbocycles. The summed E-state index contributed by atoms with van der Waals surface area (Å²) < 4.78 is 1.87. The first kappa shape index (κ1) is 19.2. The summed E-state index contributed by atoms with van der Waals surface area (Å²) in [7, 11) is 1.88. The standard InChI is InChI=1S/C20H21N9O/c1-13(15-9-24-25-10-15)26-20(30)14-4-3-5-16(8-14)22-11-18-27-28-19(29(18)2)17-6-7-21-12-23-17/h3-10,12-13,22H,11H2,1-2H3,(H,24,25)(H,26,30). The predicted molar refractivity (Wildman–Crippen MR) is 110 cm³/mol. The Morgan fingerprint density at radius 3 is 2.93 bits per heavy atom. The molecular formula is C20H21N9O. The third-order valence-corrected chi connectivity index (χ3v) is 4.72. The van der Waals surface area contributed by atoms with Crippen LogP contribution in [-0.2, 0) is 13.6 Å². The zero-order chi connectivity index (χ0) is 20.9. The number of carbonyl (C=O) groups excluding carboxylic acids is 1. The van der Waals surface area contributed by atoms with Gasteiger partial charge in [0.1, 0.15) is 12.0 Å². The quantitative estimate of drug-likeness (QED) is 0.431. The summed E-state index contributed by atoms with van der Waals surface area (Å²) in [5, 5.41) is 21.4. The van der Waals surface area contributed by atoms with Crippen molar-refractivity contribution in [2.45, 2.75) is 19.5 Å². The Bertz CT molecular complexity index is 1120. The number of anilines is 1. The van der Waals surface area contributed by atoms with Crippen LogP contribution < -0.4 is 10.6 Å². The van der Waals surface area contributed by atoms with Gasteiger partial charge in [-0.05, 0) is 31.2 Å². The molecule has 3 heterocycles. The van der Waals surface area contributed by atoms with E-state index in [0.717, 1.165) is 17.1 Å². The van der Waals surface area contributed by atoms with E-state index < -0.39 is 0 Å². The highest BCUT2D eigenvalue weighted by atomic mass is 16.1. The van der Waals surface area contributed by atoms with Crippen molar-refractivity contribution < 1.29 is 4.79 Å². The highest BCUT2D eigenvalue weighted by Crippen LogP contribution is 2.17. The molecule has 10 heteroatoms. The molecule has 30 heavy (non-hydrogen) atoms. The Balaban J connectivity index is 1.41. The maximum absolute atomic E-state index is 12.6. The van der Waals surface area contributed by atoms with Gasteiger partial charge in [0.2, 0.25) is 0 Å². The van der Waals surface area contributed by atoms with Crippen molar-refractivity contribution in [2.75, 3.05) is 5.32 Å². The van der Waals surface area contributed by atoms with Gasteiger partial charge in [-0.2, -0.15) is 5.10 Å². The summed E-state index contributed by atoms with van der Waals surface area (Å²) >= 11 is 0. The Morgan fingerprint density at radius 1 is 1.27 bits per heavy atom. The first-order valence-corrected chi connectivity index (χ1v) is 9.40. The summed E-state index contributed by atoms with van der Waals surface area (Å²) in [6.45, 7) is 2.36. The van der Waals surface area contributed by atoms with E-state index in [-0.39, 0.29) is 11.9 Å². The van der Waals surface area contributed by atoms with Gasteiger partial charge in [0, 0.05) is 36.3 Å². The van der Waals surface area contributed by atoms with Gasteiger partial charge in [-0.25, -0.2) is 9.97 Å². The molecule has 152 valence electrons. The first-order chi connectivity index (χ1) is 14.6. The molecule has 1 unspecified atom stereocenters. The number of amides is 1. The number of nitrogens with zero attached hydrogens (tertiary/aromatic N) is 6. The third-order valence-electron chi connectivity index (χ3n) is 4.72. The minimum absolute atomic E-state index is 0.147. The first-order valence-electron chi connectivity index (χ1n) is 9.40. The maximum Gasteiger partial charge on any atom is 0.251 e. The van der Waals surface area contributed by atoms with E-state index >= 15 is 0 Å². The summed E-state index contributed by atoms with van der Waals surface area (Å²) in [4.78, 5) is 20.7. The average Bonchev–Trinajstić information content (AvgIpc) is 3.43. The van der Waals surface area contributed by atoms with Crippen molar-refractivity contribution in [3.05, 3.63) is 72.2 Å². The van der Waals surface area contributed by atoms with Crippen molar-refractivity contribution in [3.63, 3.8) is 0 Å². The molecule has 4 aromatic rings. The number of hydrogen-bond donors (Lipinski definition) is 3. The number of H-pyrrole nitrogens is 1. The van der Waals surface area contributed by atoms with Crippen molar-refractivity contribution in [2.24, 2.45) is 7.05 Å². The molecule has 0 radical (unpaired) electrons. The van der Waals surface area contributed by atoms with Gasteiger partial charge < -0.3 is 15.2 Å². The average molecular weight is 403 g/mol.